The van der Waals surface area contributed by atoms with Crippen LogP contribution in [0, 0.1) is 11.7 Å². The number of thioether (sulfide) groups is 1. The number of anilines is 1. The van der Waals surface area contributed by atoms with Crippen molar-refractivity contribution >= 4 is 36.4 Å². The van der Waals surface area contributed by atoms with Gasteiger partial charge in [-0.15, -0.1) is 5.10 Å². The summed E-state index contributed by atoms with van der Waals surface area (Å²) in [6.07, 6.45) is 2.70. The molecule has 1 saturated carbocycles. The van der Waals surface area contributed by atoms with Crippen LogP contribution in [0.15, 0.2) is 29.4 Å². The van der Waals surface area contributed by atoms with Gasteiger partial charge in [0, 0.05) is 28.1 Å². The van der Waals surface area contributed by atoms with E-state index >= 15 is 0 Å². The van der Waals surface area contributed by atoms with Gasteiger partial charge in [0.1, 0.15) is 31.7 Å². The number of fused-ring (bicyclic) bond motifs is 1. The third-order valence-electron chi connectivity index (χ3n) is 5.49. The van der Waals surface area contributed by atoms with Crippen LogP contribution in [0.4, 0.5) is 14.5 Å². The van der Waals surface area contributed by atoms with Crippen molar-refractivity contribution < 1.29 is 8.78 Å². The molecule has 2 heterocycles. The van der Waals surface area contributed by atoms with Gasteiger partial charge in [-0.3, -0.25) is 9.67 Å². The van der Waals surface area contributed by atoms with Crippen molar-refractivity contribution in [2.45, 2.75) is 42.9 Å². The highest BCUT2D eigenvalue weighted by atomic mass is 32.2. The van der Waals surface area contributed by atoms with E-state index in [4.69, 9.17) is 5.73 Å². The molecule has 27 heavy (non-hydrogen) atoms. The number of aliphatic imine (C=N–C) groups is 1. The van der Waals surface area contributed by atoms with Crippen LogP contribution in [0.1, 0.15) is 12.0 Å². The maximum Gasteiger partial charge on any atom is 0.129 e. The summed E-state index contributed by atoms with van der Waals surface area (Å²) < 4.78 is 30.4. The van der Waals surface area contributed by atoms with E-state index in [-0.39, 0.29) is 16.2 Å². The minimum Gasteiger partial charge on any atom is -0.399 e. The van der Waals surface area contributed by atoms with Gasteiger partial charge in [-0.25, -0.2) is 8.78 Å². The summed E-state index contributed by atoms with van der Waals surface area (Å²) in [4.78, 5) is 4.31. The fraction of sp³-hybridized carbons (Fsp3) is 0.500. The molecule has 1 aromatic heterocycles. The maximum atomic E-state index is 14.5. The van der Waals surface area contributed by atoms with Crippen molar-refractivity contribution in [3.8, 4) is 0 Å². The highest BCUT2D eigenvalue weighted by molar-refractivity contribution is 8.13. The van der Waals surface area contributed by atoms with Gasteiger partial charge in [0.05, 0.1) is 11.9 Å². The minimum absolute atomic E-state index is 0.142. The number of alkyl halides is 1. The van der Waals surface area contributed by atoms with Crippen molar-refractivity contribution in [2.24, 2.45) is 10.9 Å². The number of hydrogen-bond acceptors (Lipinski definition) is 5. The van der Waals surface area contributed by atoms with Crippen LogP contribution in [0.5, 0.6) is 0 Å². The summed E-state index contributed by atoms with van der Waals surface area (Å²) in [6.45, 7) is 6.43. The van der Waals surface area contributed by atoms with E-state index in [1.165, 1.54) is 30.0 Å². The summed E-state index contributed by atoms with van der Waals surface area (Å²) in [5, 5.41) is 9.62. The number of benzene rings is 1. The van der Waals surface area contributed by atoms with E-state index < -0.39 is 26.1 Å². The Labute approximate surface area is 162 Å². The van der Waals surface area contributed by atoms with E-state index in [2.05, 4.69) is 40.5 Å². The maximum absolute atomic E-state index is 14.5. The Morgan fingerprint density at radius 2 is 2.19 bits per heavy atom. The van der Waals surface area contributed by atoms with E-state index in [9.17, 15) is 8.78 Å². The molecule has 2 N–H and O–H groups in total. The minimum atomic E-state index is -1.55. The Morgan fingerprint density at radius 3 is 2.85 bits per heavy atom. The monoisotopic (exact) mass is 406 g/mol. The molecule has 143 valence electrons. The van der Waals surface area contributed by atoms with E-state index in [1.54, 1.807) is 0 Å². The van der Waals surface area contributed by atoms with Crippen LogP contribution in [0.2, 0.25) is 19.6 Å². The zero-order valence-corrected chi connectivity index (χ0v) is 17.4. The summed E-state index contributed by atoms with van der Waals surface area (Å²) >= 11 is 1.46. The lowest BCUT2D eigenvalue weighted by Gasteiger charge is -2.33. The molecule has 4 rings (SSSR count). The number of nitrogen functional groups attached to an aromatic ring is 1. The van der Waals surface area contributed by atoms with Gasteiger partial charge >= 0.3 is 0 Å². The Morgan fingerprint density at radius 1 is 1.41 bits per heavy atom. The number of rotatable bonds is 5. The molecular formula is C18H22F2N5SSi. The van der Waals surface area contributed by atoms with Crippen molar-refractivity contribution in [2.75, 3.05) is 12.4 Å². The third kappa shape index (κ3) is 3.00. The van der Waals surface area contributed by atoms with Gasteiger partial charge in [-0.2, -0.15) is 0 Å². The summed E-state index contributed by atoms with van der Waals surface area (Å²) in [7, 11) is -1.55. The zero-order chi connectivity index (χ0) is 19.4. The molecule has 0 unspecified atom stereocenters. The third-order valence-corrected chi connectivity index (χ3v) is 8.43. The molecular weight excluding hydrogens is 384 g/mol. The SMILES string of the molecule is C[Si](C)(C)c1cn(C[C@]23C[C@H]2[C@@](CF)(c2cc(N)ccc2F)N=[C]S3)nn1. The largest absolute Gasteiger partial charge is 0.399 e. The normalized spacial score (nSPS) is 29.6. The molecule has 5 nitrogen and oxygen atoms in total. The summed E-state index contributed by atoms with van der Waals surface area (Å²) in [6, 6.07) is 4.25. The first-order valence-corrected chi connectivity index (χ1v) is 13.2. The molecule has 0 saturated heterocycles. The predicted octanol–water partition coefficient (Wildman–Crippen LogP) is 2.82. The lowest BCUT2D eigenvalue weighted by molar-refractivity contribution is 0.260. The van der Waals surface area contributed by atoms with Crippen LogP contribution in [0.25, 0.3) is 0 Å². The zero-order valence-electron chi connectivity index (χ0n) is 15.5. The topological polar surface area (TPSA) is 69.1 Å². The van der Waals surface area contributed by atoms with Crippen LogP contribution < -0.4 is 11.1 Å². The molecule has 0 spiro atoms. The second-order valence-corrected chi connectivity index (χ2v) is 14.7. The smallest absolute Gasteiger partial charge is 0.129 e. The fourth-order valence-electron chi connectivity index (χ4n) is 3.79. The van der Waals surface area contributed by atoms with Crippen molar-refractivity contribution in [1.29, 1.82) is 0 Å². The first kappa shape index (κ1) is 18.6. The fourth-order valence-corrected chi connectivity index (χ4v) is 5.85. The van der Waals surface area contributed by atoms with Gasteiger partial charge in [0.2, 0.25) is 0 Å². The lowest BCUT2D eigenvalue weighted by atomic mass is 9.84. The first-order valence-electron chi connectivity index (χ1n) is 8.87. The Balaban J connectivity index is 1.66. The van der Waals surface area contributed by atoms with Gasteiger partial charge in [0.25, 0.3) is 0 Å². The molecule has 0 amide bonds. The number of nitrogens with zero attached hydrogens (tertiary/aromatic N) is 4. The summed E-state index contributed by atoms with van der Waals surface area (Å²) in [5.41, 5.74) is 8.08. The second-order valence-electron chi connectivity index (χ2n) is 8.48. The van der Waals surface area contributed by atoms with E-state index in [0.29, 0.717) is 18.7 Å². The standard InChI is InChI=1S/C18H22F2N5SSi/c1-27(2,3)16-8-25(24-23-16)10-17-7-15(17)18(9-19,22-11-26-17)13-6-12(21)4-5-14(13)20/h4-6,8,15H,7,9-10,21H2,1-3H3/t15-,17-,18-/m1/s1. The van der Waals surface area contributed by atoms with Crippen molar-refractivity contribution in [3.63, 3.8) is 0 Å². The summed E-state index contributed by atoms with van der Waals surface area (Å²) in [5.74, 6) is -0.626. The quantitative estimate of drug-likeness (QED) is 0.612. The molecule has 9 heteroatoms. The van der Waals surface area contributed by atoms with Crippen LogP contribution in [-0.2, 0) is 12.1 Å². The number of aromatic nitrogens is 3. The van der Waals surface area contributed by atoms with Crippen LogP contribution in [0.3, 0.4) is 0 Å². The first-order chi connectivity index (χ1) is 12.7. The Hall–Kier alpha value is -1.74. The number of halogens is 2. The van der Waals surface area contributed by atoms with Crippen molar-refractivity contribution in [3.05, 3.63) is 35.8 Å². The Kier molecular flexibility index (Phi) is 4.23. The van der Waals surface area contributed by atoms with Crippen LogP contribution >= 0.6 is 11.8 Å². The highest BCUT2D eigenvalue weighted by Crippen LogP contribution is 2.66. The average Bonchev–Trinajstić information content (AvgIpc) is 3.14. The number of nitrogens with two attached hydrogens (primary N) is 1. The second kappa shape index (κ2) is 6.13. The molecule has 1 aliphatic heterocycles. The molecule has 2 aliphatic rings. The average molecular weight is 407 g/mol. The van der Waals surface area contributed by atoms with Gasteiger partial charge < -0.3 is 5.73 Å². The highest BCUT2D eigenvalue weighted by Gasteiger charge is 2.67. The van der Waals surface area contributed by atoms with Gasteiger partial charge in [-0.1, -0.05) is 36.6 Å². The Bertz CT molecular complexity index is 911. The molecule has 1 fully saturated rings. The predicted molar refractivity (Wildman–Crippen MR) is 107 cm³/mol. The molecule has 1 radical (unpaired) electrons. The molecule has 1 aliphatic carbocycles. The van der Waals surface area contributed by atoms with Crippen molar-refractivity contribution in [1.82, 2.24) is 15.0 Å². The molecule has 3 atom stereocenters. The van der Waals surface area contributed by atoms with E-state index in [1.807, 2.05) is 10.9 Å². The van der Waals surface area contributed by atoms with E-state index in [0.717, 1.165) is 5.32 Å². The molecule has 1 aromatic carbocycles. The number of hydrogen-bond donors (Lipinski definition) is 1. The molecule has 2 aromatic rings. The van der Waals surface area contributed by atoms with Gasteiger partial charge in [0.15, 0.2) is 0 Å². The lowest BCUT2D eigenvalue weighted by Crippen LogP contribution is -2.39. The molecule has 0 bridgehead atoms. The van der Waals surface area contributed by atoms with Gasteiger partial charge in [-0.05, 0) is 24.6 Å². The van der Waals surface area contributed by atoms with Crippen LogP contribution in [-0.4, -0.2) is 40.0 Å².